The second kappa shape index (κ2) is 67.1. The highest BCUT2D eigenvalue weighted by molar-refractivity contribution is 5.76. The van der Waals surface area contributed by atoms with Gasteiger partial charge in [0.1, 0.15) is 48.8 Å². The number of hydrogen-bond acceptors (Lipinski definition) is 13. The Bertz CT molecular complexity index is 1810. The Kier molecular flexibility index (Phi) is 63.0. The van der Waals surface area contributed by atoms with Gasteiger partial charge in [-0.15, -0.1) is 0 Å². The van der Waals surface area contributed by atoms with Gasteiger partial charge in [-0.25, -0.2) is 0 Å². The maximum absolute atomic E-state index is 13.4. The second-order valence-corrected chi connectivity index (χ2v) is 29.2. The van der Waals surface area contributed by atoms with E-state index in [9.17, 15) is 45.6 Å². The van der Waals surface area contributed by atoms with Crippen LogP contribution in [0.1, 0.15) is 380 Å². The van der Waals surface area contributed by atoms with Crippen molar-refractivity contribution in [3.05, 3.63) is 48.6 Å². The number of carbonyl (C=O) groups is 1. The molecule has 2 saturated heterocycles. The van der Waals surface area contributed by atoms with Gasteiger partial charge < -0.3 is 65.1 Å². The van der Waals surface area contributed by atoms with E-state index >= 15 is 0 Å². The molecule has 0 aliphatic carbocycles. The summed E-state index contributed by atoms with van der Waals surface area (Å²) in [5.74, 6) is -0.242. The minimum absolute atomic E-state index is 0.242. The number of ether oxygens (including phenoxy) is 4. The Hall–Kier alpha value is -2.05. The zero-order valence-corrected chi connectivity index (χ0v) is 62.6. The minimum atomic E-state index is -1.79. The zero-order chi connectivity index (χ0) is 70.1. The summed E-state index contributed by atoms with van der Waals surface area (Å²) in [4.78, 5) is 13.4. The van der Waals surface area contributed by atoms with E-state index in [2.05, 4.69) is 55.6 Å². The molecule has 0 radical (unpaired) electrons. The summed E-state index contributed by atoms with van der Waals surface area (Å²) >= 11 is 0. The number of aliphatic hydroxyl groups is 8. The Labute approximate surface area is 594 Å². The minimum Gasteiger partial charge on any atom is -0.394 e. The molecule has 9 N–H and O–H groups in total. The van der Waals surface area contributed by atoms with E-state index < -0.39 is 86.8 Å². The Morgan fingerprint density at radius 2 is 0.691 bits per heavy atom. The molecule has 2 rings (SSSR count). The largest absolute Gasteiger partial charge is 0.394 e. The summed E-state index contributed by atoms with van der Waals surface area (Å²) < 4.78 is 22.9. The van der Waals surface area contributed by atoms with Crippen LogP contribution in [0.5, 0.6) is 0 Å². The SMILES string of the molecule is CCCCCCC/C=C\C/C=C\CCCCCCCCCCCCCCCCCCCCCCCC(=O)NC(COC1OC(CO)C(OC2OC(CO)C(O)C(O)C2O)C(O)C1O)C(O)/C=C/CC/C=C/CCCCCCCCCCCCCCCCCCCCCCCCCC. The summed E-state index contributed by atoms with van der Waals surface area (Å²) in [5.41, 5.74) is 0. The van der Waals surface area contributed by atoms with Crippen molar-refractivity contribution < 1.29 is 64.6 Å². The highest BCUT2D eigenvalue weighted by Gasteiger charge is 2.51. The first-order valence-electron chi connectivity index (χ1n) is 41.4. The third kappa shape index (κ3) is 50.1. The van der Waals surface area contributed by atoms with Gasteiger partial charge in [-0.2, -0.15) is 0 Å². The number of rotatable bonds is 70. The molecule has 97 heavy (non-hydrogen) atoms. The van der Waals surface area contributed by atoms with E-state index in [1.54, 1.807) is 6.08 Å². The Morgan fingerprint density at radius 1 is 0.371 bits per heavy atom. The van der Waals surface area contributed by atoms with Crippen molar-refractivity contribution in [1.82, 2.24) is 5.32 Å². The first kappa shape index (κ1) is 91.0. The van der Waals surface area contributed by atoms with Gasteiger partial charge >= 0.3 is 0 Å². The van der Waals surface area contributed by atoms with Crippen molar-refractivity contribution in [2.24, 2.45) is 0 Å². The molecule has 12 unspecified atom stereocenters. The molecule has 14 heteroatoms. The lowest BCUT2D eigenvalue weighted by Gasteiger charge is -2.46. The monoisotopic (exact) mass is 1370 g/mol. The molecule has 570 valence electrons. The highest BCUT2D eigenvalue weighted by atomic mass is 16.7. The molecular weight excluding hydrogens is 1220 g/mol. The molecule has 1 amide bonds. The molecule has 14 nitrogen and oxygen atoms in total. The number of amides is 1. The fraction of sp³-hybridized carbons (Fsp3) is 0.892. The van der Waals surface area contributed by atoms with Crippen molar-refractivity contribution in [3.63, 3.8) is 0 Å². The van der Waals surface area contributed by atoms with Gasteiger partial charge in [-0.1, -0.05) is 358 Å². The fourth-order valence-corrected chi connectivity index (χ4v) is 13.7. The van der Waals surface area contributed by atoms with Crippen LogP contribution in [0.2, 0.25) is 0 Å². The van der Waals surface area contributed by atoms with Crippen molar-refractivity contribution in [2.45, 2.75) is 453 Å². The van der Waals surface area contributed by atoms with Crippen LogP contribution in [0.25, 0.3) is 0 Å². The van der Waals surface area contributed by atoms with Gasteiger partial charge in [0.05, 0.1) is 32.0 Å². The standard InChI is InChI=1S/C83H155NO13/c1-3-5-7-9-11-13-15-17-19-21-23-25-27-29-31-33-35-36-37-39-41-43-45-47-49-51-53-55-57-59-61-63-65-67-75(88)84-71(70-94-82-80(93)78(91)81(74(69-86)96-82)97-83-79(92)77(90)76(89)73(68-85)95-83)72(87)66-64-62-60-58-56-54-52-50-48-46-44-42-40-38-34-32-30-28-26-24-22-20-18-16-14-12-10-8-6-4-2/h15,17,21,23,56,58,64,66,71-74,76-83,85-87,89-93H,3-14,16,18-20,22,24-55,57,59-63,65,67-70H2,1-2H3,(H,84,88)/b17-15-,23-21-,58-56+,66-64+. The topological polar surface area (TPSA) is 228 Å². The highest BCUT2D eigenvalue weighted by Crippen LogP contribution is 2.30. The van der Waals surface area contributed by atoms with Crippen molar-refractivity contribution >= 4 is 5.91 Å². The van der Waals surface area contributed by atoms with Gasteiger partial charge in [-0.3, -0.25) is 4.79 Å². The summed E-state index contributed by atoms with van der Waals surface area (Å²) in [6.45, 7) is 2.84. The van der Waals surface area contributed by atoms with Crippen LogP contribution in [-0.4, -0.2) is 140 Å². The number of carbonyl (C=O) groups excluding carboxylic acids is 1. The van der Waals surface area contributed by atoms with Crippen LogP contribution in [0, 0.1) is 0 Å². The van der Waals surface area contributed by atoms with Gasteiger partial charge in [-0.05, 0) is 64.2 Å². The predicted molar refractivity (Wildman–Crippen MR) is 401 cm³/mol. The van der Waals surface area contributed by atoms with E-state index in [4.69, 9.17) is 18.9 Å². The number of allylic oxidation sites excluding steroid dienone is 7. The molecule has 12 atom stereocenters. The third-order valence-corrected chi connectivity index (χ3v) is 20.2. The fourth-order valence-electron chi connectivity index (χ4n) is 13.7. The number of nitrogens with one attached hydrogen (secondary N) is 1. The average Bonchev–Trinajstić information content (AvgIpc) is 0.794. The molecule has 0 aromatic carbocycles. The zero-order valence-electron chi connectivity index (χ0n) is 62.6. The van der Waals surface area contributed by atoms with Gasteiger partial charge in [0.25, 0.3) is 0 Å². The van der Waals surface area contributed by atoms with Crippen LogP contribution in [-0.2, 0) is 23.7 Å². The van der Waals surface area contributed by atoms with Crippen LogP contribution in [0.15, 0.2) is 48.6 Å². The molecular formula is C83H155NO13. The van der Waals surface area contributed by atoms with Crippen molar-refractivity contribution in [2.75, 3.05) is 19.8 Å². The second-order valence-electron chi connectivity index (χ2n) is 29.2. The number of aliphatic hydroxyl groups excluding tert-OH is 8. The number of hydrogen-bond donors (Lipinski definition) is 9. The van der Waals surface area contributed by atoms with Crippen LogP contribution < -0.4 is 5.32 Å². The van der Waals surface area contributed by atoms with Gasteiger partial charge in [0.2, 0.25) is 5.91 Å². The van der Waals surface area contributed by atoms with Gasteiger partial charge in [0, 0.05) is 6.42 Å². The van der Waals surface area contributed by atoms with E-state index in [1.807, 2.05) is 6.08 Å². The first-order valence-corrected chi connectivity index (χ1v) is 41.4. The van der Waals surface area contributed by atoms with Crippen molar-refractivity contribution in [1.29, 1.82) is 0 Å². The molecule has 0 aromatic heterocycles. The molecule has 2 heterocycles. The van der Waals surface area contributed by atoms with Crippen molar-refractivity contribution in [3.8, 4) is 0 Å². The number of unbranched alkanes of at least 4 members (excludes halogenated alkanes) is 51. The Morgan fingerprint density at radius 3 is 1.07 bits per heavy atom. The van der Waals surface area contributed by atoms with E-state index in [0.717, 1.165) is 38.5 Å². The molecule has 2 aliphatic heterocycles. The maximum atomic E-state index is 13.4. The molecule has 0 aromatic rings. The van der Waals surface area contributed by atoms with E-state index in [1.165, 1.54) is 308 Å². The summed E-state index contributed by atoms with van der Waals surface area (Å²) in [5, 5.41) is 87.7. The van der Waals surface area contributed by atoms with Gasteiger partial charge in [0.15, 0.2) is 12.6 Å². The van der Waals surface area contributed by atoms with Crippen LogP contribution in [0.3, 0.4) is 0 Å². The summed E-state index contributed by atoms with van der Waals surface area (Å²) in [6.07, 6.45) is 73.5. The smallest absolute Gasteiger partial charge is 0.220 e. The lowest BCUT2D eigenvalue weighted by Crippen LogP contribution is -2.65. The lowest BCUT2D eigenvalue weighted by molar-refractivity contribution is -0.359. The van der Waals surface area contributed by atoms with Crippen LogP contribution in [0.4, 0.5) is 0 Å². The third-order valence-electron chi connectivity index (χ3n) is 20.2. The molecule has 0 bridgehead atoms. The summed E-state index contributed by atoms with van der Waals surface area (Å²) in [7, 11) is 0. The average molecular weight is 1380 g/mol. The van der Waals surface area contributed by atoms with E-state index in [0.29, 0.717) is 12.8 Å². The predicted octanol–water partition coefficient (Wildman–Crippen LogP) is 19.0. The Balaban J connectivity index is 1.61. The lowest BCUT2D eigenvalue weighted by atomic mass is 9.97. The molecule has 0 spiro atoms. The van der Waals surface area contributed by atoms with E-state index in [-0.39, 0.29) is 18.9 Å². The summed E-state index contributed by atoms with van der Waals surface area (Å²) in [6, 6.07) is -0.933. The van der Waals surface area contributed by atoms with Crippen LogP contribution >= 0.6 is 0 Å². The molecule has 0 saturated carbocycles. The maximum Gasteiger partial charge on any atom is 0.220 e. The molecule has 2 aliphatic rings. The first-order chi connectivity index (χ1) is 47.6. The normalized spacial score (nSPS) is 22.3. The quantitative estimate of drug-likeness (QED) is 0.0204. The molecule has 2 fully saturated rings.